The van der Waals surface area contributed by atoms with Crippen LogP contribution in [0.3, 0.4) is 0 Å². The summed E-state index contributed by atoms with van der Waals surface area (Å²) in [5.74, 6) is 0.711. The number of carbonyl (C=O) groups excluding carboxylic acids is 1. The van der Waals surface area contributed by atoms with E-state index in [1.54, 1.807) is 6.20 Å². The van der Waals surface area contributed by atoms with Gasteiger partial charge in [-0.3, -0.25) is 9.69 Å². The summed E-state index contributed by atoms with van der Waals surface area (Å²) in [6.07, 6.45) is 3.07. The summed E-state index contributed by atoms with van der Waals surface area (Å²) in [6.45, 7) is 4.54. The maximum Gasteiger partial charge on any atom is 0.225 e. The normalized spacial score (nSPS) is 28.9. The lowest BCUT2D eigenvalue weighted by Crippen LogP contribution is -2.43. The van der Waals surface area contributed by atoms with Crippen molar-refractivity contribution in [2.24, 2.45) is 5.92 Å². The van der Waals surface area contributed by atoms with Gasteiger partial charge in [-0.25, -0.2) is 4.39 Å². The average Bonchev–Trinajstić information content (AvgIpc) is 3.12. The molecule has 2 fully saturated rings. The Hall–Kier alpha value is -1.47. The van der Waals surface area contributed by atoms with Crippen molar-refractivity contribution in [3.63, 3.8) is 0 Å². The Kier molecular flexibility index (Phi) is 5.27. The molecule has 1 aromatic rings. The molecule has 0 spiro atoms. The van der Waals surface area contributed by atoms with E-state index in [9.17, 15) is 9.18 Å². The fourth-order valence-corrected chi connectivity index (χ4v) is 3.33. The average molecular weight is 325 g/mol. The predicted octanol–water partition coefficient (Wildman–Crippen LogP) is 1.44. The number of alkyl halides is 1. The number of nitrogens with zero attached hydrogens (tertiary/aromatic N) is 2. The molecule has 128 valence electrons. The molecule has 2 aliphatic rings. The third-order valence-corrected chi connectivity index (χ3v) is 4.74. The highest BCUT2D eigenvalue weighted by Crippen LogP contribution is 2.23. The summed E-state index contributed by atoms with van der Waals surface area (Å²) in [4.78, 5) is 14.2. The molecule has 1 unspecified atom stereocenters. The van der Waals surface area contributed by atoms with Crippen LogP contribution in [0.1, 0.15) is 30.6 Å². The minimum atomic E-state index is -0.852. The van der Waals surface area contributed by atoms with Crippen LogP contribution < -0.4 is 5.32 Å². The van der Waals surface area contributed by atoms with E-state index in [1.165, 1.54) is 0 Å². The third kappa shape index (κ3) is 4.09. The quantitative estimate of drug-likeness (QED) is 0.887. The van der Waals surface area contributed by atoms with E-state index >= 15 is 0 Å². The van der Waals surface area contributed by atoms with Crippen LogP contribution in [-0.4, -0.2) is 54.5 Å². The van der Waals surface area contributed by atoms with Gasteiger partial charge >= 0.3 is 0 Å². The van der Waals surface area contributed by atoms with Crippen LogP contribution in [0.5, 0.6) is 0 Å². The number of halogens is 1. The molecule has 0 saturated carbocycles. The minimum Gasteiger partial charge on any atom is -0.381 e. The van der Waals surface area contributed by atoms with Gasteiger partial charge < -0.3 is 14.6 Å². The number of ether oxygens (including phenoxy) is 1. The number of rotatable bonds is 5. The second-order valence-electron chi connectivity index (χ2n) is 6.48. The smallest absolute Gasteiger partial charge is 0.225 e. The molecular weight excluding hydrogens is 301 g/mol. The standard InChI is InChI=1S/C16H24FN3O3/c1-11-13(6-19-23-11)8-20-9-14(17)5-15(20)7-18-16(21)12-3-2-4-22-10-12/h6,12,14-15H,2-5,7-10H2,1H3,(H,18,21)/t12?,14-,15-/m0/s1. The number of carbonyl (C=O) groups is 1. The molecule has 0 aromatic carbocycles. The number of amides is 1. The third-order valence-electron chi connectivity index (χ3n) is 4.74. The first-order valence-corrected chi connectivity index (χ1v) is 8.27. The summed E-state index contributed by atoms with van der Waals surface area (Å²) in [5, 5.41) is 6.74. The zero-order chi connectivity index (χ0) is 16.2. The van der Waals surface area contributed by atoms with Crippen molar-refractivity contribution < 1.29 is 18.4 Å². The number of hydrogen-bond acceptors (Lipinski definition) is 5. The number of likely N-dealkylation sites (tertiary alicyclic amines) is 1. The van der Waals surface area contributed by atoms with Gasteiger partial charge in [0.05, 0.1) is 18.7 Å². The molecule has 23 heavy (non-hydrogen) atoms. The van der Waals surface area contributed by atoms with Crippen LogP contribution in [0.15, 0.2) is 10.7 Å². The lowest BCUT2D eigenvalue weighted by atomic mass is 10.0. The minimum absolute atomic E-state index is 0.00718. The fraction of sp³-hybridized carbons (Fsp3) is 0.750. The maximum atomic E-state index is 13.8. The molecule has 1 N–H and O–H groups in total. The van der Waals surface area contributed by atoms with Crippen molar-refractivity contribution in [3.8, 4) is 0 Å². The van der Waals surface area contributed by atoms with Gasteiger partial charge in [-0.15, -0.1) is 0 Å². The van der Waals surface area contributed by atoms with E-state index in [-0.39, 0.29) is 17.9 Å². The molecule has 3 heterocycles. The second kappa shape index (κ2) is 7.40. The molecule has 6 nitrogen and oxygen atoms in total. The van der Waals surface area contributed by atoms with E-state index in [2.05, 4.69) is 15.4 Å². The Balaban J connectivity index is 1.52. The molecule has 1 aromatic heterocycles. The Bertz CT molecular complexity index is 530. The molecule has 7 heteroatoms. The monoisotopic (exact) mass is 325 g/mol. The van der Waals surface area contributed by atoms with Gasteiger partial charge in [0.25, 0.3) is 0 Å². The van der Waals surface area contributed by atoms with E-state index < -0.39 is 6.17 Å². The Labute approximate surface area is 135 Å². The van der Waals surface area contributed by atoms with Crippen molar-refractivity contribution in [3.05, 3.63) is 17.5 Å². The molecule has 3 rings (SSSR count). The number of aromatic nitrogens is 1. The molecular formula is C16H24FN3O3. The van der Waals surface area contributed by atoms with Gasteiger partial charge in [-0.05, 0) is 26.2 Å². The van der Waals surface area contributed by atoms with Gasteiger partial charge in [0.15, 0.2) is 0 Å². The van der Waals surface area contributed by atoms with Gasteiger partial charge in [-0.1, -0.05) is 5.16 Å². The van der Waals surface area contributed by atoms with E-state index in [4.69, 9.17) is 9.26 Å². The molecule has 3 atom stereocenters. The van der Waals surface area contributed by atoms with Gasteiger partial charge in [0, 0.05) is 37.8 Å². The zero-order valence-electron chi connectivity index (χ0n) is 13.5. The molecule has 0 bridgehead atoms. The molecule has 1 amide bonds. The topological polar surface area (TPSA) is 67.6 Å². The van der Waals surface area contributed by atoms with Crippen LogP contribution in [0.25, 0.3) is 0 Å². The van der Waals surface area contributed by atoms with Crippen molar-refractivity contribution in [2.75, 3.05) is 26.3 Å². The van der Waals surface area contributed by atoms with Crippen LogP contribution in [-0.2, 0) is 16.1 Å². The number of hydrogen-bond donors (Lipinski definition) is 1. The largest absolute Gasteiger partial charge is 0.381 e. The summed E-state index contributed by atoms with van der Waals surface area (Å²) in [5.41, 5.74) is 0.969. The zero-order valence-corrected chi connectivity index (χ0v) is 13.5. The Morgan fingerprint density at radius 1 is 1.57 bits per heavy atom. The second-order valence-corrected chi connectivity index (χ2v) is 6.48. The van der Waals surface area contributed by atoms with Gasteiger partial charge in [0.2, 0.25) is 5.91 Å². The Morgan fingerprint density at radius 2 is 2.43 bits per heavy atom. The first-order valence-electron chi connectivity index (χ1n) is 8.27. The first-order chi connectivity index (χ1) is 11.1. The summed E-state index contributed by atoms with van der Waals surface area (Å²) in [7, 11) is 0. The highest BCUT2D eigenvalue weighted by atomic mass is 19.1. The van der Waals surface area contributed by atoms with Crippen molar-refractivity contribution in [1.29, 1.82) is 0 Å². The van der Waals surface area contributed by atoms with Crippen molar-refractivity contribution >= 4 is 5.91 Å². The van der Waals surface area contributed by atoms with Crippen molar-refractivity contribution in [1.82, 2.24) is 15.4 Å². The number of nitrogens with one attached hydrogen (secondary N) is 1. The molecule has 0 aliphatic carbocycles. The van der Waals surface area contributed by atoms with Crippen LogP contribution >= 0.6 is 0 Å². The van der Waals surface area contributed by atoms with Crippen LogP contribution in [0.2, 0.25) is 0 Å². The van der Waals surface area contributed by atoms with E-state index in [0.29, 0.717) is 32.7 Å². The molecule has 0 radical (unpaired) electrons. The lowest BCUT2D eigenvalue weighted by molar-refractivity contribution is -0.129. The number of aryl methyl sites for hydroxylation is 1. The van der Waals surface area contributed by atoms with E-state index in [1.807, 2.05) is 6.92 Å². The Morgan fingerprint density at radius 3 is 3.13 bits per heavy atom. The van der Waals surface area contributed by atoms with Gasteiger partial charge in [0.1, 0.15) is 11.9 Å². The summed E-state index contributed by atoms with van der Waals surface area (Å²) < 4.78 is 24.2. The SMILES string of the molecule is Cc1oncc1CN1C[C@@H](F)C[C@H]1CNC(=O)C1CCCOC1. The fourth-order valence-electron chi connectivity index (χ4n) is 3.33. The molecule has 2 aliphatic heterocycles. The highest BCUT2D eigenvalue weighted by Gasteiger charge is 2.33. The highest BCUT2D eigenvalue weighted by molar-refractivity contribution is 5.78. The van der Waals surface area contributed by atoms with Gasteiger partial charge in [-0.2, -0.15) is 0 Å². The predicted molar refractivity (Wildman–Crippen MR) is 81.5 cm³/mol. The van der Waals surface area contributed by atoms with E-state index in [0.717, 1.165) is 30.8 Å². The molecule has 2 saturated heterocycles. The van der Waals surface area contributed by atoms with Crippen LogP contribution in [0.4, 0.5) is 4.39 Å². The first kappa shape index (κ1) is 16.4. The van der Waals surface area contributed by atoms with Crippen molar-refractivity contribution in [2.45, 2.75) is 44.9 Å². The van der Waals surface area contributed by atoms with Crippen LogP contribution in [0, 0.1) is 12.8 Å². The maximum absolute atomic E-state index is 13.8. The lowest BCUT2D eigenvalue weighted by Gasteiger charge is -2.26. The summed E-state index contributed by atoms with van der Waals surface area (Å²) in [6, 6.07) is 0.00718. The summed E-state index contributed by atoms with van der Waals surface area (Å²) >= 11 is 0.